The summed E-state index contributed by atoms with van der Waals surface area (Å²) in [4.78, 5) is 0. The topological polar surface area (TPSA) is 0 Å². The second-order valence-electron chi connectivity index (χ2n) is 8.27. The van der Waals surface area contributed by atoms with Gasteiger partial charge in [-0.15, -0.1) is 0 Å². The highest BCUT2D eigenvalue weighted by Gasteiger charge is 2.19. The zero-order valence-electron chi connectivity index (χ0n) is 16.8. The smallest absolute Gasteiger partial charge is 0.0143 e. The number of rotatable bonds is 5. The molecule has 130 valence electrons. The Labute approximate surface area is 149 Å². The molecule has 0 aliphatic heterocycles. The fourth-order valence-corrected chi connectivity index (χ4v) is 3.61. The van der Waals surface area contributed by atoms with Gasteiger partial charge in [0.1, 0.15) is 0 Å². The molecule has 0 saturated heterocycles. The molecule has 2 aromatic carbocycles. The normalized spacial score (nSPS) is 12.0. The molecule has 0 atom stereocenters. The van der Waals surface area contributed by atoms with E-state index >= 15 is 0 Å². The van der Waals surface area contributed by atoms with Crippen molar-refractivity contribution in [1.82, 2.24) is 0 Å². The van der Waals surface area contributed by atoms with E-state index in [9.17, 15) is 0 Å². The SMILES string of the molecule is CC(C)c1ccccc1-c1cc(C(C)C)c(C(C)C)cc1C(C)C. The molecule has 0 spiro atoms. The predicted octanol–water partition coefficient (Wildman–Crippen LogP) is 7.85. The molecule has 0 nitrogen and oxygen atoms in total. The van der Waals surface area contributed by atoms with Crippen LogP contribution in [0, 0.1) is 0 Å². The van der Waals surface area contributed by atoms with Crippen LogP contribution in [0.2, 0.25) is 0 Å². The Bertz CT molecular complexity index is 687. The van der Waals surface area contributed by atoms with E-state index in [1.54, 1.807) is 0 Å². The van der Waals surface area contributed by atoms with Gasteiger partial charge in [-0.3, -0.25) is 0 Å². The Morgan fingerprint density at radius 1 is 0.458 bits per heavy atom. The molecule has 0 heteroatoms. The lowest BCUT2D eigenvalue weighted by Crippen LogP contribution is -2.05. The van der Waals surface area contributed by atoms with E-state index in [1.165, 1.54) is 33.4 Å². The highest BCUT2D eigenvalue weighted by molar-refractivity contribution is 5.73. The molecule has 0 unspecified atom stereocenters. The average Bonchev–Trinajstić information content (AvgIpc) is 2.53. The van der Waals surface area contributed by atoms with E-state index in [1.807, 2.05) is 0 Å². The standard InChI is InChI=1S/C24H34/c1-15(2)19-11-9-10-12-20(19)24-14-22(17(5)6)21(16(3)4)13-23(24)18(7)8/h9-18H,1-8H3. The van der Waals surface area contributed by atoms with Gasteiger partial charge in [-0.25, -0.2) is 0 Å². The van der Waals surface area contributed by atoms with Crippen LogP contribution in [0.5, 0.6) is 0 Å². The lowest BCUT2D eigenvalue weighted by molar-refractivity contribution is 0.778. The average molecular weight is 323 g/mol. The highest BCUT2D eigenvalue weighted by Crippen LogP contribution is 2.39. The summed E-state index contributed by atoms with van der Waals surface area (Å²) >= 11 is 0. The molecular formula is C24H34. The summed E-state index contributed by atoms with van der Waals surface area (Å²) in [6.07, 6.45) is 0. The molecule has 0 saturated carbocycles. The van der Waals surface area contributed by atoms with Crippen molar-refractivity contribution < 1.29 is 0 Å². The minimum Gasteiger partial charge on any atom is -0.0619 e. The van der Waals surface area contributed by atoms with Gasteiger partial charge in [-0.05, 0) is 57.1 Å². The zero-order valence-corrected chi connectivity index (χ0v) is 16.8. The third kappa shape index (κ3) is 3.74. The zero-order chi connectivity index (χ0) is 18.0. The Balaban J connectivity index is 2.80. The van der Waals surface area contributed by atoms with Crippen molar-refractivity contribution in [2.24, 2.45) is 0 Å². The maximum atomic E-state index is 2.48. The molecular weight excluding hydrogens is 288 g/mol. The van der Waals surface area contributed by atoms with Crippen LogP contribution in [0.25, 0.3) is 11.1 Å². The second-order valence-corrected chi connectivity index (χ2v) is 8.27. The molecule has 0 fully saturated rings. The third-order valence-electron chi connectivity index (χ3n) is 4.99. The quantitative estimate of drug-likeness (QED) is 0.525. The predicted molar refractivity (Wildman–Crippen MR) is 108 cm³/mol. The molecule has 0 bridgehead atoms. The maximum Gasteiger partial charge on any atom is -0.0143 e. The molecule has 0 amide bonds. The summed E-state index contributed by atoms with van der Waals surface area (Å²) in [6, 6.07) is 13.9. The Morgan fingerprint density at radius 3 is 1.42 bits per heavy atom. The Morgan fingerprint density at radius 2 is 0.917 bits per heavy atom. The molecule has 0 heterocycles. The van der Waals surface area contributed by atoms with Gasteiger partial charge in [0, 0.05) is 0 Å². The molecule has 0 radical (unpaired) electrons. The van der Waals surface area contributed by atoms with E-state index in [2.05, 4.69) is 91.8 Å². The second kappa shape index (κ2) is 7.55. The molecule has 2 rings (SSSR count). The van der Waals surface area contributed by atoms with Crippen LogP contribution in [0.1, 0.15) is 101 Å². The molecule has 2 aromatic rings. The summed E-state index contributed by atoms with van der Waals surface area (Å²) in [5, 5.41) is 0. The van der Waals surface area contributed by atoms with Crippen molar-refractivity contribution in [3.05, 3.63) is 58.7 Å². The highest BCUT2D eigenvalue weighted by atomic mass is 14.2. The van der Waals surface area contributed by atoms with Crippen molar-refractivity contribution in [3.63, 3.8) is 0 Å². The van der Waals surface area contributed by atoms with Gasteiger partial charge in [0.05, 0.1) is 0 Å². The first kappa shape index (κ1) is 18.8. The van der Waals surface area contributed by atoms with Crippen molar-refractivity contribution in [1.29, 1.82) is 0 Å². The molecule has 24 heavy (non-hydrogen) atoms. The summed E-state index contributed by atoms with van der Waals surface area (Å²) in [5.41, 5.74) is 8.79. The molecule has 0 N–H and O–H groups in total. The van der Waals surface area contributed by atoms with Crippen LogP contribution in [0.3, 0.4) is 0 Å². The summed E-state index contributed by atoms with van der Waals surface area (Å²) in [7, 11) is 0. The van der Waals surface area contributed by atoms with Gasteiger partial charge in [0.15, 0.2) is 0 Å². The molecule has 0 aliphatic rings. The summed E-state index contributed by atoms with van der Waals surface area (Å²) < 4.78 is 0. The summed E-state index contributed by atoms with van der Waals surface area (Å²) in [6.45, 7) is 18.5. The van der Waals surface area contributed by atoms with Crippen molar-refractivity contribution in [3.8, 4) is 11.1 Å². The first-order valence-electron chi connectivity index (χ1n) is 9.51. The minimum absolute atomic E-state index is 0.527. The van der Waals surface area contributed by atoms with E-state index in [0.717, 1.165) is 0 Å². The van der Waals surface area contributed by atoms with E-state index < -0.39 is 0 Å². The first-order valence-corrected chi connectivity index (χ1v) is 9.51. The summed E-state index contributed by atoms with van der Waals surface area (Å²) in [5.74, 6) is 2.18. The maximum absolute atomic E-state index is 2.48. The van der Waals surface area contributed by atoms with Crippen LogP contribution in [0.4, 0.5) is 0 Å². The van der Waals surface area contributed by atoms with Crippen LogP contribution in [-0.2, 0) is 0 Å². The van der Waals surface area contributed by atoms with E-state index in [-0.39, 0.29) is 0 Å². The van der Waals surface area contributed by atoms with Crippen LogP contribution >= 0.6 is 0 Å². The number of hydrogen-bond acceptors (Lipinski definition) is 0. The van der Waals surface area contributed by atoms with Crippen LogP contribution in [0.15, 0.2) is 36.4 Å². The van der Waals surface area contributed by atoms with Crippen LogP contribution < -0.4 is 0 Å². The van der Waals surface area contributed by atoms with E-state index in [0.29, 0.717) is 23.7 Å². The van der Waals surface area contributed by atoms with E-state index in [4.69, 9.17) is 0 Å². The van der Waals surface area contributed by atoms with Gasteiger partial charge in [0.2, 0.25) is 0 Å². The van der Waals surface area contributed by atoms with Gasteiger partial charge in [-0.2, -0.15) is 0 Å². The van der Waals surface area contributed by atoms with Crippen LogP contribution in [-0.4, -0.2) is 0 Å². The largest absolute Gasteiger partial charge is 0.0619 e. The number of benzene rings is 2. The first-order chi connectivity index (χ1) is 11.2. The minimum atomic E-state index is 0.527. The van der Waals surface area contributed by atoms with Crippen molar-refractivity contribution >= 4 is 0 Å². The molecule has 0 aromatic heterocycles. The van der Waals surface area contributed by atoms with Gasteiger partial charge >= 0.3 is 0 Å². The number of hydrogen-bond donors (Lipinski definition) is 0. The fourth-order valence-electron chi connectivity index (χ4n) is 3.61. The third-order valence-corrected chi connectivity index (χ3v) is 4.99. The van der Waals surface area contributed by atoms with Gasteiger partial charge in [-0.1, -0.05) is 91.8 Å². The van der Waals surface area contributed by atoms with Crippen molar-refractivity contribution in [2.45, 2.75) is 79.1 Å². The Hall–Kier alpha value is -1.56. The lowest BCUT2D eigenvalue weighted by Gasteiger charge is -2.24. The Kier molecular flexibility index (Phi) is 5.91. The lowest BCUT2D eigenvalue weighted by atomic mass is 9.80. The van der Waals surface area contributed by atoms with Crippen molar-refractivity contribution in [2.75, 3.05) is 0 Å². The van der Waals surface area contributed by atoms with Gasteiger partial charge in [0.25, 0.3) is 0 Å². The van der Waals surface area contributed by atoms with Gasteiger partial charge < -0.3 is 0 Å². The monoisotopic (exact) mass is 322 g/mol. The fraction of sp³-hybridized carbons (Fsp3) is 0.500. The molecule has 0 aliphatic carbocycles.